The molecular formula is C14H19Cl2NO2. The number of likely N-dealkylation sites (tertiary alicyclic amines) is 1. The Labute approximate surface area is 124 Å². The number of nitrogens with zero attached hydrogens (tertiary/aromatic N) is 1. The van der Waals surface area contributed by atoms with Gasteiger partial charge in [-0.3, -0.25) is 4.90 Å². The molecule has 0 atom stereocenters. The fraction of sp³-hybridized carbons (Fsp3) is 0.571. The molecule has 1 aromatic rings. The van der Waals surface area contributed by atoms with Crippen molar-refractivity contribution in [1.82, 2.24) is 4.90 Å². The smallest absolute Gasteiger partial charge is 0.143 e. The Bertz CT molecular complexity index is 420. The molecule has 0 aliphatic carbocycles. The topological polar surface area (TPSA) is 32.7 Å². The lowest BCUT2D eigenvalue weighted by atomic mass is 10.1. The first-order valence-corrected chi connectivity index (χ1v) is 7.40. The van der Waals surface area contributed by atoms with Crippen LogP contribution < -0.4 is 4.74 Å². The van der Waals surface area contributed by atoms with E-state index in [-0.39, 0.29) is 6.61 Å². The van der Waals surface area contributed by atoms with Gasteiger partial charge in [-0.1, -0.05) is 29.6 Å². The van der Waals surface area contributed by atoms with Crippen molar-refractivity contribution < 1.29 is 9.84 Å². The highest BCUT2D eigenvalue weighted by atomic mass is 35.5. The molecule has 1 aliphatic heterocycles. The second-order valence-corrected chi connectivity index (χ2v) is 5.63. The molecule has 0 saturated carbocycles. The van der Waals surface area contributed by atoms with E-state index >= 15 is 0 Å². The fourth-order valence-electron chi connectivity index (χ4n) is 2.35. The largest absolute Gasteiger partial charge is 0.490 e. The van der Waals surface area contributed by atoms with Crippen LogP contribution in [-0.2, 0) is 6.61 Å². The maximum Gasteiger partial charge on any atom is 0.143 e. The molecule has 0 radical (unpaired) electrons. The van der Waals surface area contributed by atoms with E-state index in [1.54, 1.807) is 12.1 Å². The minimum Gasteiger partial charge on any atom is -0.490 e. The fourth-order valence-corrected chi connectivity index (χ4v) is 2.94. The monoisotopic (exact) mass is 303 g/mol. The van der Waals surface area contributed by atoms with Crippen LogP contribution in [0.5, 0.6) is 5.75 Å². The standard InChI is InChI=1S/C14H19Cl2NO2/c15-12-8-11(10-18)14(13(16)9-12)19-7-6-17-4-2-1-3-5-17/h8-9,18H,1-7,10H2. The zero-order valence-corrected chi connectivity index (χ0v) is 12.4. The number of hydrogen-bond acceptors (Lipinski definition) is 3. The Morgan fingerprint density at radius 3 is 2.58 bits per heavy atom. The summed E-state index contributed by atoms with van der Waals surface area (Å²) in [7, 11) is 0. The lowest BCUT2D eigenvalue weighted by Crippen LogP contribution is -2.33. The molecule has 19 heavy (non-hydrogen) atoms. The van der Waals surface area contributed by atoms with E-state index in [9.17, 15) is 5.11 Å². The Morgan fingerprint density at radius 1 is 1.16 bits per heavy atom. The van der Waals surface area contributed by atoms with E-state index in [0.29, 0.717) is 28.0 Å². The van der Waals surface area contributed by atoms with Crippen molar-refractivity contribution in [3.05, 3.63) is 27.7 Å². The summed E-state index contributed by atoms with van der Waals surface area (Å²) in [4.78, 5) is 2.39. The third kappa shape index (κ3) is 4.25. The van der Waals surface area contributed by atoms with Crippen LogP contribution in [-0.4, -0.2) is 36.2 Å². The highest BCUT2D eigenvalue weighted by Gasteiger charge is 2.12. The van der Waals surface area contributed by atoms with Crippen LogP contribution in [0.25, 0.3) is 0 Å². The van der Waals surface area contributed by atoms with Gasteiger partial charge >= 0.3 is 0 Å². The van der Waals surface area contributed by atoms with Gasteiger partial charge < -0.3 is 9.84 Å². The number of piperidine rings is 1. The minimum absolute atomic E-state index is 0.126. The Kier molecular flexibility index (Phi) is 5.76. The molecule has 0 amide bonds. The van der Waals surface area contributed by atoms with Gasteiger partial charge in [0.25, 0.3) is 0 Å². The number of hydrogen-bond donors (Lipinski definition) is 1. The van der Waals surface area contributed by atoms with Gasteiger partial charge in [-0.15, -0.1) is 0 Å². The first-order chi connectivity index (χ1) is 9.20. The maximum atomic E-state index is 9.31. The van der Waals surface area contributed by atoms with Crippen molar-refractivity contribution in [3.63, 3.8) is 0 Å². The predicted molar refractivity (Wildman–Crippen MR) is 78.2 cm³/mol. The van der Waals surface area contributed by atoms with Gasteiger partial charge in [-0.05, 0) is 38.1 Å². The van der Waals surface area contributed by atoms with Gasteiger partial charge in [0.15, 0.2) is 0 Å². The number of benzene rings is 1. The SMILES string of the molecule is OCc1cc(Cl)cc(Cl)c1OCCN1CCCCC1. The van der Waals surface area contributed by atoms with Crippen molar-refractivity contribution in [1.29, 1.82) is 0 Å². The number of aliphatic hydroxyl groups excluding tert-OH is 1. The molecule has 1 N–H and O–H groups in total. The quantitative estimate of drug-likeness (QED) is 0.905. The van der Waals surface area contributed by atoms with Gasteiger partial charge in [0.1, 0.15) is 12.4 Å². The van der Waals surface area contributed by atoms with E-state index in [0.717, 1.165) is 19.6 Å². The van der Waals surface area contributed by atoms with Crippen LogP contribution in [0.2, 0.25) is 10.0 Å². The Balaban J connectivity index is 1.91. The van der Waals surface area contributed by atoms with Crippen LogP contribution in [0.4, 0.5) is 0 Å². The summed E-state index contributed by atoms with van der Waals surface area (Å²) in [5, 5.41) is 10.3. The predicted octanol–water partition coefficient (Wildman–Crippen LogP) is 3.35. The minimum atomic E-state index is -0.126. The number of aliphatic hydroxyl groups is 1. The first-order valence-electron chi connectivity index (χ1n) is 6.64. The van der Waals surface area contributed by atoms with Crippen molar-refractivity contribution in [2.45, 2.75) is 25.9 Å². The average molecular weight is 304 g/mol. The van der Waals surface area contributed by atoms with E-state index in [4.69, 9.17) is 27.9 Å². The first kappa shape index (κ1) is 14.9. The van der Waals surface area contributed by atoms with E-state index in [1.165, 1.54) is 19.3 Å². The van der Waals surface area contributed by atoms with Crippen LogP contribution in [0.1, 0.15) is 24.8 Å². The lowest BCUT2D eigenvalue weighted by Gasteiger charge is -2.26. The van der Waals surface area contributed by atoms with E-state index < -0.39 is 0 Å². The summed E-state index contributed by atoms with van der Waals surface area (Å²) in [6.45, 7) is 3.63. The highest BCUT2D eigenvalue weighted by molar-refractivity contribution is 6.35. The number of rotatable bonds is 5. The molecule has 0 aromatic heterocycles. The normalized spacial score (nSPS) is 16.6. The summed E-state index contributed by atoms with van der Waals surface area (Å²) in [6, 6.07) is 3.32. The summed E-state index contributed by atoms with van der Waals surface area (Å²) in [5.74, 6) is 0.547. The average Bonchev–Trinajstić information content (AvgIpc) is 2.42. The molecule has 0 bridgehead atoms. The lowest BCUT2D eigenvalue weighted by molar-refractivity contribution is 0.180. The molecule has 1 saturated heterocycles. The number of ether oxygens (including phenoxy) is 1. The van der Waals surface area contributed by atoms with Gasteiger partial charge in [-0.2, -0.15) is 0 Å². The van der Waals surface area contributed by atoms with Crippen molar-refractivity contribution in [2.75, 3.05) is 26.2 Å². The van der Waals surface area contributed by atoms with Crippen molar-refractivity contribution in [3.8, 4) is 5.75 Å². The second-order valence-electron chi connectivity index (χ2n) is 4.78. The zero-order chi connectivity index (χ0) is 13.7. The molecule has 1 fully saturated rings. The van der Waals surface area contributed by atoms with E-state index in [1.807, 2.05) is 0 Å². The Morgan fingerprint density at radius 2 is 1.89 bits per heavy atom. The van der Waals surface area contributed by atoms with Crippen molar-refractivity contribution >= 4 is 23.2 Å². The van der Waals surface area contributed by atoms with Gasteiger partial charge in [0, 0.05) is 17.1 Å². The molecule has 106 valence electrons. The summed E-state index contributed by atoms with van der Waals surface area (Å²) in [5.41, 5.74) is 0.635. The molecular weight excluding hydrogens is 285 g/mol. The van der Waals surface area contributed by atoms with Crippen LogP contribution in [0.15, 0.2) is 12.1 Å². The third-order valence-corrected chi connectivity index (χ3v) is 3.86. The molecule has 3 nitrogen and oxygen atoms in total. The molecule has 2 rings (SSSR count). The second kappa shape index (κ2) is 7.34. The van der Waals surface area contributed by atoms with Crippen LogP contribution in [0, 0.1) is 0 Å². The van der Waals surface area contributed by atoms with Crippen LogP contribution in [0.3, 0.4) is 0 Å². The number of halogens is 2. The molecule has 5 heteroatoms. The van der Waals surface area contributed by atoms with Gasteiger partial charge in [-0.25, -0.2) is 0 Å². The van der Waals surface area contributed by atoms with Gasteiger partial charge in [0.2, 0.25) is 0 Å². The van der Waals surface area contributed by atoms with E-state index in [2.05, 4.69) is 4.90 Å². The van der Waals surface area contributed by atoms with Gasteiger partial charge in [0.05, 0.1) is 11.6 Å². The summed E-state index contributed by atoms with van der Waals surface area (Å²) >= 11 is 12.0. The maximum absolute atomic E-state index is 9.31. The molecule has 1 aromatic carbocycles. The molecule has 1 aliphatic rings. The zero-order valence-electron chi connectivity index (χ0n) is 10.9. The third-order valence-electron chi connectivity index (χ3n) is 3.36. The van der Waals surface area contributed by atoms with Crippen LogP contribution >= 0.6 is 23.2 Å². The summed E-state index contributed by atoms with van der Waals surface area (Å²) < 4.78 is 5.72. The van der Waals surface area contributed by atoms with Crippen molar-refractivity contribution in [2.24, 2.45) is 0 Å². The molecule has 0 spiro atoms. The molecule has 0 unspecified atom stereocenters. The Hall–Kier alpha value is -0.480. The summed E-state index contributed by atoms with van der Waals surface area (Å²) in [6.07, 6.45) is 3.86. The molecule has 1 heterocycles. The highest BCUT2D eigenvalue weighted by Crippen LogP contribution is 2.32.